The van der Waals surface area contributed by atoms with Gasteiger partial charge in [-0.25, -0.2) is 8.42 Å². The number of para-hydroxylation sites is 1. The number of hydrogen-bond donors (Lipinski definition) is 2. The van der Waals surface area contributed by atoms with Crippen molar-refractivity contribution in [3.8, 4) is 11.8 Å². The average molecular weight is 382 g/mol. The van der Waals surface area contributed by atoms with E-state index in [0.29, 0.717) is 13.0 Å². The van der Waals surface area contributed by atoms with Crippen molar-refractivity contribution in [2.75, 3.05) is 19.7 Å². The third-order valence-corrected chi connectivity index (χ3v) is 6.28. The number of aromatic nitrogens is 1. The highest BCUT2D eigenvalue weighted by atomic mass is 32.2. The van der Waals surface area contributed by atoms with Gasteiger partial charge in [-0.3, -0.25) is 0 Å². The fourth-order valence-electron chi connectivity index (χ4n) is 2.93. The summed E-state index contributed by atoms with van der Waals surface area (Å²) >= 11 is 0. The Morgan fingerprint density at radius 3 is 2.56 bits per heavy atom. The molecule has 0 bridgehead atoms. The van der Waals surface area contributed by atoms with Crippen LogP contribution in [-0.2, 0) is 16.4 Å². The van der Waals surface area contributed by atoms with Crippen molar-refractivity contribution in [1.29, 1.82) is 0 Å². The van der Waals surface area contributed by atoms with Crippen molar-refractivity contribution in [1.82, 2.24) is 9.29 Å². The van der Waals surface area contributed by atoms with E-state index in [1.165, 1.54) is 4.31 Å². The first-order chi connectivity index (χ1) is 13.0. The number of sulfonamides is 1. The predicted octanol–water partition coefficient (Wildman–Crippen LogP) is 2.71. The summed E-state index contributed by atoms with van der Waals surface area (Å²) in [5.74, 6) is 5.26. The lowest BCUT2D eigenvalue weighted by molar-refractivity contribution is 0.350. The SMILES string of the molecule is Cc1ccc(S(=O)(=O)N(CC#CCO)CCc2c[nH]c3ccccc23)cc1. The maximum Gasteiger partial charge on any atom is 0.243 e. The van der Waals surface area contributed by atoms with Gasteiger partial charge in [-0.15, -0.1) is 0 Å². The van der Waals surface area contributed by atoms with Gasteiger partial charge in [-0.2, -0.15) is 4.31 Å². The molecule has 0 fully saturated rings. The second-order valence-electron chi connectivity index (χ2n) is 6.27. The van der Waals surface area contributed by atoms with Gasteiger partial charge in [-0.1, -0.05) is 47.7 Å². The van der Waals surface area contributed by atoms with Gasteiger partial charge >= 0.3 is 0 Å². The van der Waals surface area contributed by atoms with Crippen LogP contribution in [-0.4, -0.2) is 42.5 Å². The summed E-state index contributed by atoms with van der Waals surface area (Å²) in [6.07, 6.45) is 2.48. The Bertz CT molecular complexity index is 1070. The van der Waals surface area contributed by atoms with E-state index in [1.54, 1.807) is 24.3 Å². The number of fused-ring (bicyclic) bond motifs is 1. The van der Waals surface area contributed by atoms with Gasteiger partial charge < -0.3 is 10.1 Å². The second kappa shape index (κ2) is 8.40. The number of rotatable bonds is 6. The van der Waals surface area contributed by atoms with E-state index < -0.39 is 10.0 Å². The van der Waals surface area contributed by atoms with Gasteiger partial charge in [0.25, 0.3) is 0 Å². The summed E-state index contributed by atoms with van der Waals surface area (Å²) < 4.78 is 27.5. The Balaban J connectivity index is 1.85. The molecule has 0 saturated carbocycles. The lowest BCUT2D eigenvalue weighted by atomic mass is 10.1. The first-order valence-corrected chi connectivity index (χ1v) is 10.1. The van der Waals surface area contributed by atoms with Crippen LogP contribution in [0, 0.1) is 18.8 Å². The van der Waals surface area contributed by atoms with Crippen LogP contribution < -0.4 is 0 Å². The molecule has 0 aliphatic heterocycles. The number of hydrogen-bond acceptors (Lipinski definition) is 3. The lowest BCUT2D eigenvalue weighted by Gasteiger charge is -2.20. The van der Waals surface area contributed by atoms with E-state index in [9.17, 15) is 8.42 Å². The normalized spacial score (nSPS) is 11.5. The largest absolute Gasteiger partial charge is 0.384 e. The number of aryl methyl sites for hydroxylation is 1. The number of H-pyrrole nitrogens is 1. The quantitative estimate of drug-likeness (QED) is 0.644. The topological polar surface area (TPSA) is 73.4 Å². The fourth-order valence-corrected chi connectivity index (χ4v) is 4.27. The number of aromatic amines is 1. The molecule has 0 radical (unpaired) electrons. The van der Waals surface area contributed by atoms with Crippen molar-refractivity contribution in [3.63, 3.8) is 0 Å². The molecule has 0 saturated heterocycles. The van der Waals surface area contributed by atoms with Crippen LogP contribution in [0.5, 0.6) is 0 Å². The molecule has 0 spiro atoms. The van der Waals surface area contributed by atoms with E-state index in [0.717, 1.165) is 22.0 Å². The van der Waals surface area contributed by atoms with Crippen LogP contribution >= 0.6 is 0 Å². The molecular formula is C21H22N2O3S. The predicted molar refractivity (Wildman–Crippen MR) is 107 cm³/mol. The summed E-state index contributed by atoms with van der Waals surface area (Å²) in [6.45, 7) is 1.97. The van der Waals surface area contributed by atoms with E-state index in [-0.39, 0.29) is 18.0 Å². The monoisotopic (exact) mass is 382 g/mol. The standard InChI is InChI=1S/C21H22N2O3S/c1-17-8-10-19(11-9-17)27(25,26)23(13-4-5-15-24)14-12-18-16-22-21-7-3-2-6-20(18)21/h2-3,6-11,16,22,24H,12-15H2,1H3. The first-order valence-electron chi connectivity index (χ1n) is 8.71. The number of nitrogens with one attached hydrogen (secondary N) is 1. The molecule has 2 aromatic carbocycles. The summed E-state index contributed by atoms with van der Waals surface area (Å²) in [4.78, 5) is 3.46. The minimum Gasteiger partial charge on any atom is -0.384 e. The highest BCUT2D eigenvalue weighted by Crippen LogP contribution is 2.21. The Kier molecular flexibility index (Phi) is 5.97. The summed E-state index contributed by atoms with van der Waals surface area (Å²) in [5, 5.41) is 9.97. The molecule has 0 aliphatic rings. The third-order valence-electron chi connectivity index (χ3n) is 4.42. The number of aliphatic hydroxyl groups excluding tert-OH is 1. The average Bonchev–Trinajstić information content (AvgIpc) is 3.08. The molecule has 1 aromatic heterocycles. The first kappa shape index (κ1) is 19.2. The van der Waals surface area contributed by atoms with E-state index in [4.69, 9.17) is 5.11 Å². The Hall–Kier alpha value is -2.59. The molecule has 3 rings (SSSR count). The van der Waals surface area contributed by atoms with Crippen LogP contribution in [0.3, 0.4) is 0 Å². The minimum absolute atomic E-state index is 0.0408. The summed E-state index contributed by atoms with van der Waals surface area (Å²) in [5.41, 5.74) is 3.09. The van der Waals surface area contributed by atoms with Crippen molar-refractivity contribution in [3.05, 3.63) is 65.9 Å². The maximum atomic E-state index is 13.0. The molecular weight excluding hydrogens is 360 g/mol. The maximum absolute atomic E-state index is 13.0. The smallest absolute Gasteiger partial charge is 0.243 e. The van der Waals surface area contributed by atoms with Gasteiger partial charge in [0.05, 0.1) is 11.4 Å². The Morgan fingerprint density at radius 1 is 1.07 bits per heavy atom. The van der Waals surface area contributed by atoms with Gasteiger partial charge in [0, 0.05) is 23.6 Å². The summed E-state index contributed by atoms with van der Waals surface area (Å²) in [7, 11) is -3.67. The van der Waals surface area contributed by atoms with Crippen molar-refractivity contribution in [2.45, 2.75) is 18.2 Å². The highest BCUT2D eigenvalue weighted by molar-refractivity contribution is 7.89. The number of benzene rings is 2. The van der Waals surface area contributed by atoms with Crippen LogP contribution in [0.1, 0.15) is 11.1 Å². The van der Waals surface area contributed by atoms with E-state index >= 15 is 0 Å². The van der Waals surface area contributed by atoms with E-state index in [1.807, 2.05) is 37.4 Å². The fraction of sp³-hybridized carbons (Fsp3) is 0.238. The number of aliphatic hydroxyl groups is 1. The molecule has 0 aliphatic carbocycles. The van der Waals surface area contributed by atoms with Gasteiger partial charge in [0.1, 0.15) is 6.61 Å². The van der Waals surface area contributed by atoms with Crippen LogP contribution in [0.4, 0.5) is 0 Å². The molecule has 0 amide bonds. The second-order valence-corrected chi connectivity index (χ2v) is 8.21. The van der Waals surface area contributed by atoms with Crippen molar-refractivity contribution in [2.24, 2.45) is 0 Å². The molecule has 0 atom stereocenters. The van der Waals surface area contributed by atoms with Crippen molar-refractivity contribution < 1.29 is 13.5 Å². The number of nitrogens with zero attached hydrogens (tertiary/aromatic N) is 1. The zero-order valence-corrected chi connectivity index (χ0v) is 16.0. The highest BCUT2D eigenvalue weighted by Gasteiger charge is 2.23. The molecule has 3 aromatic rings. The zero-order chi connectivity index (χ0) is 19.3. The third kappa shape index (κ3) is 4.40. The zero-order valence-electron chi connectivity index (χ0n) is 15.1. The van der Waals surface area contributed by atoms with Gasteiger partial charge in [0.2, 0.25) is 10.0 Å². The van der Waals surface area contributed by atoms with Crippen LogP contribution in [0.25, 0.3) is 10.9 Å². The molecule has 27 heavy (non-hydrogen) atoms. The van der Waals surface area contributed by atoms with E-state index in [2.05, 4.69) is 16.8 Å². The Labute approximate surface area is 159 Å². The van der Waals surface area contributed by atoms with Gasteiger partial charge in [0.15, 0.2) is 0 Å². The van der Waals surface area contributed by atoms with Crippen LogP contribution in [0.2, 0.25) is 0 Å². The van der Waals surface area contributed by atoms with Crippen molar-refractivity contribution >= 4 is 20.9 Å². The van der Waals surface area contributed by atoms with Gasteiger partial charge in [-0.05, 0) is 37.1 Å². The molecule has 2 N–H and O–H groups in total. The van der Waals surface area contributed by atoms with Crippen LogP contribution in [0.15, 0.2) is 59.6 Å². The molecule has 6 heteroatoms. The summed E-state index contributed by atoms with van der Waals surface area (Å²) in [6, 6.07) is 14.7. The Morgan fingerprint density at radius 2 is 1.81 bits per heavy atom. The molecule has 5 nitrogen and oxygen atoms in total. The molecule has 140 valence electrons. The molecule has 1 heterocycles. The molecule has 0 unspecified atom stereocenters. The minimum atomic E-state index is -3.67. The lowest BCUT2D eigenvalue weighted by Crippen LogP contribution is -2.33.